The summed E-state index contributed by atoms with van der Waals surface area (Å²) in [5, 5.41) is 12.5. The highest BCUT2D eigenvalue weighted by molar-refractivity contribution is 6.31. The van der Waals surface area contributed by atoms with Crippen LogP contribution in [0.25, 0.3) is 6.08 Å². The summed E-state index contributed by atoms with van der Waals surface area (Å²) in [5.41, 5.74) is 3.17. The van der Waals surface area contributed by atoms with Gasteiger partial charge < -0.3 is 10.1 Å². The van der Waals surface area contributed by atoms with E-state index in [9.17, 15) is 10.1 Å². The number of anilines is 1. The van der Waals surface area contributed by atoms with Gasteiger partial charge in [-0.05, 0) is 60.9 Å². The molecule has 1 amide bonds. The topological polar surface area (TPSA) is 62.1 Å². The molecule has 24 heavy (non-hydrogen) atoms. The van der Waals surface area contributed by atoms with Crippen molar-refractivity contribution < 1.29 is 9.53 Å². The normalized spacial score (nSPS) is 10.9. The second kappa shape index (κ2) is 7.67. The van der Waals surface area contributed by atoms with Crippen molar-refractivity contribution >= 4 is 29.3 Å². The summed E-state index contributed by atoms with van der Waals surface area (Å²) >= 11 is 6.05. The molecule has 0 aliphatic heterocycles. The molecule has 0 saturated heterocycles. The second-order valence-corrected chi connectivity index (χ2v) is 5.72. The van der Waals surface area contributed by atoms with Crippen LogP contribution in [0.15, 0.2) is 42.0 Å². The molecule has 1 N–H and O–H groups in total. The number of hydrogen-bond acceptors (Lipinski definition) is 3. The minimum atomic E-state index is -0.479. The number of nitriles is 1. The highest BCUT2D eigenvalue weighted by Gasteiger charge is 2.11. The molecule has 2 rings (SSSR count). The Bertz CT molecular complexity index is 851. The van der Waals surface area contributed by atoms with Gasteiger partial charge in [-0.15, -0.1) is 0 Å². The van der Waals surface area contributed by atoms with Crippen molar-refractivity contribution in [3.05, 3.63) is 63.7 Å². The number of carbonyl (C=O) groups is 1. The summed E-state index contributed by atoms with van der Waals surface area (Å²) in [5.74, 6) is 0.245. The largest absolute Gasteiger partial charge is 0.497 e. The zero-order valence-corrected chi connectivity index (χ0v) is 14.4. The van der Waals surface area contributed by atoms with E-state index in [4.69, 9.17) is 16.3 Å². The molecule has 0 saturated carbocycles. The first-order valence-electron chi connectivity index (χ1n) is 7.28. The maximum Gasteiger partial charge on any atom is 0.266 e. The summed E-state index contributed by atoms with van der Waals surface area (Å²) in [6, 6.07) is 12.6. The van der Waals surface area contributed by atoms with Crippen LogP contribution in [-0.2, 0) is 4.79 Å². The fourth-order valence-electron chi connectivity index (χ4n) is 2.11. The number of nitrogens with zero attached hydrogens (tertiary/aromatic N) is 1. The smallest absolute Gasteiger partial charge is 0.266 e. The van der Waals surface area contributed by atoms with E-state index in [0.717, 1.165) is 22.4 Å². The van der Waals surface area contributed by atoms with Crippen molar-refractivity contribution in [1.82, 2.24) is 0 Å². The standard InChI is InChI=1S/C19H17ClN2O2/c1-12-4-6-16(10-18(12)20)22-19(23)15(11-21)9-14-5-7-17(24-3)8-13(14)2/h4-10H,1-3H3,(H,22,23)/b15-9+. The molecule has 122 valence electrons. The van der Waals surface area contributed by atoms with E-state index < -0.39 is 5.91 Å². The van der Waals surface area contributed by atoms with Crippen molar-refractivity contribution in [2.24, 2.45) is 0 Å². The Morgan fingerprint density at radius 2 is 1.96 bits per heavy atom. The summed E-state index contributed by atoms with van der Waals surface area (Å²) in [6.07, 6.45) is 1.56. The molecular weight excluding hydrogens is 324 g/mol. The van der Waals surface area contributed by atoms with Gasteiger partial charge in [-0.2, -0.15) is 5.26 Å². The first kappa shape index (κ1) is 17.6. The Morgan fingerprint density at radius 1 is 1.21 bits per heavy atom. The Morgan fingerprint density at radius 3 is 2.54 bits per heavy atom. The van der Waals surface area contributed by atoms with E-state index in [0.29, 0.717) is 10.7 Å². The molecule has 0 heterocycles. The van der Waals surface area contributed by atoms with Crippen LogP contribution in [-0.4, -0.2) is 13.0 Å². The number of ether oxygens (including phenoxy) is 1. The summed E-state index contributed by atoms with van der Waals surface area (Å²) in [6.45, 7) is 3.77. The maximum absolute atomic E-state index is 12.3. The fourth-order valence-corrected chi connectivity index (χ4v) is 2.29. The first-order chi connectivity index (χ1) is 11.4. The number of carbonyl (C=O) groups excluding carboxylic acids is 1. The van der Waals surface area contributed by atoms with E-state index in [1.54, 1.807) is 37.5 Å². The molecular formula is C19H17ClN2O2. The summed E-state index contributed by atoms with van der Waals surface area (Å²) in [4.78, 5) is 12.3. The molecule has 0 fully saturated rings. The van der Waals surface area contributed by atoms with Crippen LogP contribution < -0.4 is 10.1 Å². The molecule has 4 nitrogen and oxygen atoms in total. The third-order valence-corrected chi connectivity index (χ3v) is 3.98. The summed E-state index contributed by atoms with van der Waals surface area (Å²) < 4.78 is 5.15. The number of hydrogen-bond donors (Lipinski definition) is 1. The quantitative estimate of drug-likeness (QED) is 0.658. The number of rotatable bonds is 4. The van der Waals surface area contributed by atoms with Gasteiger partial charge in [-0.3, -0.25) is 4.79 Å². The van der Waals surface area contributed by atoms with Gasteiger partial charge >= 0.3 is 0 Å². The van der Waals surface area contributed by atoms with Gasteiger partial charge in [-0.25, -0.2) is 0 Å². The van der Waals surface area contributed by atoms with Crippen molar-refractivity contribution in [3.63, 3.8) is 0 Å². The highest BCUT2D eigenvalue weighted by atomic mass is 35.5. The molecule has 0 aliphatic rings. The average Bonchev–Trinajstić information content (AvgIpc) is 2.56. The van der Waals surface area contributed by atoms with E-state index >= 15 is 0 Å². The van der Waals surface area contributed by atoms with Crippen LogP contribution in [0.5, 0.6) is 5.75 Å². The number of nitrogens with one attached hydrogen (secondary N) is 1. The average molecular weight is 341 g/mol. The fraction of sp³-hybridized carbons (Fsp3) is 0.158. The zero-order valence-electron chi connectivity index (χ0n) is 13.7. The van der Waals surface area contributed by atoms with Crippen LogP contribution in [0.4, 0.5) is 5.69 Å². The van der Waals surface area contributed by atoms with Crippen LogP contribution >= 0.6 is 11.6 Å². The highest BCUT2D eigenvalue weighted by Crippen LogP contribution is 2.22. The van der Waals surface area contributed by atoms with E-state index in [1.807, 2.05) is 32.0 Å². The van der Waals surface area contributed by atoms with E-state index in [1.165, 1.54) is 0 Å². The zero-order chi connectivity index (χ0) is 17.7. The lowest BCUT2D eigenvalue weighted by Crippen LogP contribution is -2.13. The van der Waals surface area contributed by atoms with Gasteiger partial charge in [0.15, 0.2) is 0 Å². The van der Waals surface area contributed by atoms with Crippen molar-refractivity contribution in [3.8, 4) is 11.8 Å². The molecule has 0 spiro atoms. The maximum atomic E-state index is 12.3. The summed E-state index contributed by atoms with van der Waals surface area (Å²) in [7, 11) is 1.59. The predicted octanol–water partition coefficient (Wildman–Crippen LogP) is 4.51. The molecule has 0 unspecified atom stereocenters. The number of benzene rings is 2. The van der Waals surface area contributed by atoms with Crippen LogP contribution in [0.3, 0.4) is 0 Å². The second-order valence-electron chi connectivity index (χ2n) is 5.31. The van der Waals surface area contributed by atoms with Gasteiger partial charge in [0.05, 0.1) is 7.11 Å². The number of methoxy groups -OCH3 is 1. The van der Waals surface area contributed by atoms with Crippen LogP contribution in [0, 0.1) is 25.2 Å². The molecule has 2 aromatic rings. The molecule has 0 aromatic heterocycles. The molecule has 2 aromatic carbocycles. The molecule has 5 heteroatoms. The Labute approximate surface area is 146 Å². The lowest BCUT2D eigenvalue weighted by molar-refractivity contribution is -0.112. The molecule has 0 atom stereocenters. The van der Waals surface area contributed by atoms with Gasteiger partial charge in [0, 0.05) is 10.7 Å². The lowest BCUT2D eigenvalue weighted by atomic mass is 10.1. The van der Waals surface area contributed by atoms with Crippen molar-refractivity contribution in [1.29, 1.82) is 5.26 Å². The minimum Gasteiger partial charge on any atom is -0.497 e. The number of aryl methyl sites for hydroxylation is 2. The predicted molar refractivity (Wildman–Crippen MR) is 96.1 cm³/mol. The third kappa shape index (κ3) is 4.15. The van der Waals surface area contributed by atoms with E-state index in [-0.39, 0.29) is 5.57 Å². The SMILES string of the molecule is COc1ccc(/C=C(\C#N)C(=O)Nc2ccc(C)c(Cl)c2)c(C)c1. The first-order valence-corrected chi connectivity index (χ1v) is 7.66. The van der Waals surface area contributed by atoms with Gasteiger partial charge in [-0.1, -0.05) is 23.7 Å². The number of halogens is 1. The van der Waals surface area contributed by atoms with Gasteiger partial charge in [0.2, 0.25) is 0 Å². The monoisotopic (exact) mass is 340 g/mol. The lowest BCUT2D eigenvalue weighted by Gasteiger charge is -2.07. The van der Waals surface area contributed by atoms with Gasteiger partial charge in [0.1, 0.15) is 17.4 Å². The Kier molecular flexibility index (Phi) is 5.62. The van der Waals surface area contributed by atoms with Crippen LogP contribution in [0.1, 0.15) is 16.7 Å². The Balaban J connectivity index is 2.25. The van der Waals surface area contributed by atoms with Crippen LogP contribution in [0.2, 0.25) is 5.02 Å². The molecule has 0 aliphatic carbocycles. The molecule has 0 bridgehead atoms. The van der Waals surface area contributed by atoms with E-state index in [2.05, 4.69) is 5.32 Å². The van der Waals surface area contributed by atoms with Crippen molar-refractivity contribution in [2.45, 2.75) is 13.8 Å². The van der Waals surface area contributed by atoms with Crippen molar-refractivity contribution in [2.75, 3.05) is 12.4 Å². The minimum absolute atomic E-state index is 0.0139. The molecule has 0 radical (unpaired) electrons. The Hall–Kier alpha value is -2.77. The van der Waals surface area contributed by atoms with Gasteiger partial charge in [0.25, 0.3) is 5.91 Å². The number of amides is 1. The third-order valence-electron chi connectivity index (χ3n) is 3.57.